The maximum atomic E-state index is 11.6. The molecule has 0 spiro atoms. The molecule has 8 heteroatoms. The van der Waals surface area contributed by atoms with Crippen LogP contribution in [0.15, 0.2) is 0 Å². The van der Waals surface area contributed by atoms with E-state index in [0.29, 0.717) is 31.2 Å². The summed E-state index contributed by atoms with van der Waals surface area (Å²) in [7, 11) is 0. The summed E-state index contributed by atoms with van der Waals surface area (Å²) in [5, 5.41) is 19.2. The predicted octanol–water partition coefficient (Wildman–Crippen LogP) is -0.854. The normalized spacial score (nSPS) is 14.4. The zero-order valence-electron chi connectivity index (χ0n) is 10.5. The molecular formula is C11H17N5O3. The van der Waals surface area contributed by atoms with Crippen LogP contribution in [-0.2, 0) is 17.8 Å². The standard InChI is InChI=1S/C11H17N5O3/c12-5-3-8-10(11(18)19)14-15-16(8)6-4-9(17)13-7-1-2-7/h7H,1-6,12H2,(H,13,17)(H,18,19). The second-order valence-electron chi connectivity index (χ2n) is 4.54. The lowest BCUT2D eigenvalue weighted by molar-refractivity contribution is -0.121. The minimum Gasteiger partial charge on any atom is -0.476 e. The summed E-state index contributed by atoms with van der Waals surface area (Å²) in [6, 6.07) is 0.321. The zero-order chi connectivity index (χ0) is 13.8. The molecule has 8 nitrogen and oxygen atoms in total. The third kappa shape index (κ3) is 3.50. The zero-order valence-corrected chi connectivity index (χ0v) is 10.5. The van der Waals surface area contributed by atoms with Gasteiger partial charge in [-0.1, -0.05) is 5.21 Å². The molecule has 19 heavy (non-hydrogen) atoms. The van der Waals surface area contributed by atoms with Crippen LogP contribution >= 0.6 is 0 Å². The molecule has 104 valence electrons. The molecule has 0 radical (unpaired) electrons. The van der Waals surface area contributed by atoms with Crippen molar-refractivity contribution >= 4 is 11.9 Å². The van der Waals surface area contributed by atoms with Gasteiger partial charge in [0.05, 0.1) is 12.2 Å². The second kappa shape index (κ2) is 5.79. The van der Waals surface area contributed by atoms with E-state index in [1.165, 1.54) is 4.68 Å². The predicted molar refractivity (Wildman–Crippen MR) is 65.5 cm³/mol. The number of carboxylic acids is 1. The lowest BCUT2D eigenvalue weighted by Gasteiger charge is -2.06. The van der Waals surface area contributed by atoms with Crippen LogP contribution in [-0.4, -0.2) is 44.6 Å². The highest BCUT2D eigenvalue weighted by molar-refractivity contribution is 5.86. The summed E-state index contributed by atoms with van der Waals surface area (Å²) < 4.78 is 1.45. The number of nitrogens with zero attached hydrogens (tertiary/aromatic N) is 3. The number of nitrogens with one attached hydrogen (secondary N) is 1. The highest BCUT2D eigenvalue weighted by atomic mass is 16.4. The Kier molecular flexibility index (Phi) is 4.10. The van der Waals surface area contributed by atoms with Gasteiger partial charge in [-0.05, 0) is 19.4 Å². The fourth-order valence-electron chi connectivity index (χ4n) is 1.80. The molecule has 0 aromatic carbocycles. The number of nitrogens with two attached hydrogens (primary N) is 1. The molecule has 1 amide bonds. The number of hydrogen-bond donors (Lipinski definition) is 3. The van der Waals surface area contributed by atoms with Gasteiger partial charge in [-0.15, -0.1) is 5.10 Å². The second-order valence-corrected chi connectivity index (χ2v) is 4.54. The molecular weight excluding hydrogens is 250 g/mol. The third-order valence-electron chi connectivity index (χ3n) is 2.91. The van der Waals surface area contributed by atoms with Crippen molar-refractivity contribution in [2.24, 2.45) is 5.73 Å². The van der Waals surface area contributed by atoms with Gasteiger partial charge in [0.25, 0.3) is 0 Å². The number of carbonyl (C=O) groups excluding carboxylic acids is 1. The quantitative estimate of drug-likeness (QED) is 0.591. The number of amides is 1. The first-order valence-electron chi connectivity index (χ1n) is 6.27. The molecule has 0 aliphatic heterocycles. The Balaban J connectivity index is 1.98. The summed E-state index contributed by atoms with van der Waals surface area (Å²) >= 11 is 0. The van der Waals surface area contributed by atoms with Crippen molar-refractivity contribution in [1.82, 2.24) is 20.3 Å². The fraction of sp³-hybridized carbons (Fsp3) is 0.636. The van der Waals surface area contributed by atoms with Gasteiger partial charge in [-0.3, -0.25) is 4.79 Å². The minimum absolute atomic E-state index is 0.0476. The number of aryl methyl sites for hydroxylation is 1. The van der Waals surface area contributed by atoms with E-state index < -0.39 is 5.97 Å². The average Bonchev–Trinajstić information content (AvgIpc) is 3.06. The monoisotopic (exact) mass is 267 g/mol. The molecule has 0 bridgehead atoms. The van der Waals surface area contributed by atoms with Crippen LogP contribution < -0.4 is 11.1 Å². The van der Waals surface area contributed by atoms with Crippen molar-refractivity contribution in [2.45, 2.75) is 38.3 Å². The highest BCUT2D eigenvalue weighted by Gasteiger charge is 2.23. The van der Waals surface area contributed by atoms with Crippen molar-refractivity contribution in [2.75, 3.05) is 6.54 Å². The summed E-state index contributed by atoms with van der Waals surface area (Å²) in [6.07, 6.45) is 2.71. The van der Waals surface area contributed by atoms with E-state index in [-0.39, 0.29) is 18.0 Å². The first kappa shape index (κ1) is 13.5. The smallest absolute Gasteiger partial charge is 0.358 e. The van der Waals surface area contributed by atoms with Crippen molar-refractivity contribution in [3.8, 4) is 0 Å². The van der Waals surface area contributed by atoms with E-state index >= 15 is 0 Å². The van der Waals surface area contributed by atoms with Crippen LogP contribution in [0.1, 0.15) is 35.4 Å². The van der Waals surface area contributed by atoms with Crippen LogP contribution in [0.4, 0.5) is 0 Å². The molecule has 1 aromatic rings. The number of aromatic nitrogens is 3. The van der Waals surface area contributed by atoms with Crippen LogP contribution in [0.2, 0.25) is 0 Å². The Bertz CT molecular complexity index is 481. The minimum atomic E-state index is -1.13. The van der Waals surface area contributed by atoms with Crippen LogP contribution in [0, 0.1) is 0 Å². The molecule has 0 atom stereocenters. The first-order chi connectivity index (χ1) is 9.11. The van der Waals surface area contributed by atoms with Crippen molar-refractivity contribution in [1.29, 1.82) is 0 Å². The first-order valence-corrected chi connectivity index (χ1v) is 6.27. The van der Waals surface area contributed by atoms with E-state index in [2.05, 4.69) is 15.6 Å². The molecule has 4 N–H and O–H groups in total. The molecule has 1 saturated carbocycles. The molecule has 1 fully saturated rings. The molecule has 2 rings (SSSR count). The number of carboxylic acid groups (broad SMARTS) is 1. The van der Waals surface area contributed by atoms with E-state index in [1.54, 1.807) is 0 Å². The lowest BCUT2D eigenvalue weighted by Crippen LogP contribution is -2.27. The number of hydrogen-bond acceptors (Lipinski definition) is 5. The maximum Gasteiger partial charge on any atom is 0.358 e. The van der Waals surface area contributed by atoms with Crippen LogP contribution in [0.3, 0.4) is 0 Å². The maximum absolute atomic E-state index is 11.6. The fourth-order valence-corrected chi connectivity index (χ4v) is 1.80. The van der Waals surface area contributed by atoms with Crippen molar-refractivity contribution < 1.29 is 14.7 Å². The van der Waals surface area contributed by atoms with E-state index in [4.69, 9.17) is 10.8 Å². The van der Waals surface area contributed by atoms with Gasteiger partial charge in [0.1, 0.15) is 0 Å². The summed E-state index contributed by atoms with van der Waals surface area (Å²) in [5.41, 5.74) is 5.82. The van der Waals surface area contributed by atoms with Gasteiger partial charge < -0.3 is 16.2 Å². The molecule has 1 aliphatic carbocycles. The van der Waals surface area contributed by atoms with E-state index in [9.17, 15) is 9.59 Å². The third-order valence-corrected chi connectivity index (χ3v) is 2.91. The Morgan fingerprint density at radius 2 is 2.21 bits per heavy atom. The Morgan fingerprint density at radius 3 is 2.79 bits per heavy atom. The SMILES string of the molecule is NCCc1c(C(=O)O)nnn1CCC(=O)NC1CC1. The molecule has 0 saturated heterocycles. The van der Waals surface area contributed by atoms with E-state index in [0.717, 1.165) is 12.8 Å². The lowest BCUT2D eigenvalue weighted by atomic mass is 10.2. The summed E-state index contributed by atoms with van der Waals surface area (Å²) in [5.74, 6) is -1.18. The largest absolute Gasteiger partial charge is 0.476 e. The molecule has 1 aliphatic rings. The van der Waals surface area contributed by atoms with Gasteiger partial charge in [-0.25, -0.2) is 9.48 Å². The number of rotatable bonds is 7. The summed E-state index contributed by atoms with van der Waals surface area (Å²) in [6.45, 7) is 0.621. The molecule has 1 aromatic heterocycles. The van der Waals surface area contributed by atoms with Gasteiger partial charge in [-0.2, -0.15) is 0 Å². The average molecular weight is 267 g/mol. The Labute approximate surface area is 110 Å². The Morgan fingerprint density at radius 1 is 1.47 bits per heavy atom. The van der Waals surface area contributed by atoms with Gasteiger partial charge in [0.15, 0.2) is 5.69 Å². The number of aromatic carboxylic acids is 1. The van der Waals surface area contributed by atoms with Crippen LogP contribution in [0.25, 0.3) is 0 Å². The highest BCUT2D eigenvalue weighted by Crippen LogP contribution is 2.18. The van der Waals surface area contributed by atoms with E-state index in [1.807, 2.05) is 0 Å². The van der Waals surface area contributed by atoms with Gasteiger partial charge in [0.2, 0.25) is 5.91 Å². The van der Waals surface area contributed by atoms with Gasteiger partial charge in [0, 0.05) is 18.9 Å². The Hall–Kier alpha value is -1.96. The molecule has 0 unspecified atom stereocenters. The topological polar surface area (TPSA) is 123 Å². The van der Waals surface area contributed by atoms with Crippen LogP contribution in [0.5, 0.6) is 0 Å². The van der Waals surface area contributed by atoms with Crippen molar-refractivity contribution in [3.05, 3.63) is 11.4 Å². The van der Waals surface area contributed by atoms with Crippen molar-refractivity contribution in [3.63, 3.8) is 0 Å². The van der Waals surface area contributed by atoms with Gasteiger partial charge >= 0.3 is 5.97 Å². The number of carbonyl (C=O) groups is 2. The summed E-state index contributed by atoms with van der Waals surface area (Å²) in [4.78, 5) is 22.5. The molecule has 1 heterocycles.